The van der Waals surface area contributed by atoms with Crippen LogP contribution in [0.4, 0.5) is 0 Å². The summed E-state index contributed by atoms with van der Waals surface area (Å²) in [4.78, 5) is 10.9. The summed E-state index contributed by atoms with van der Waals surface area (Å²) in [6.45, 7) is 2.09. The van der Waals surface area contributed by atoms with E-state index in [1.165, 1.54) is 0 Å². The highest BCUT2D eigenvalue weighted by atomic mass is 35.5. The minimum absolute atomic E-state index is 0. The van der Waals surface area contributed by atoms with E-state index < -0.39 is 0 Å². The van der Waals surface area contributed by atoms with Gasteiger partial charge in [0.15, 0.2) is 0 Å². The molecule has 0 spiro atoms. The van der Waals surface area contributed by atoms with Gasteiger partial charge in [0.25, 0.3) is 0 Å². The van der Waals surface area contributed by atoms with E-state index in [9.17, 15) is 4.79 Å². The van der Waals surface area contributed by atoms with Crippen LogP contribution in [0.15, 0.2) is 0 Å². The molecule has 1 saturated heterocycles. The van der Waals surface area contributed by atoms with Gasteiger partial charge < -0.3 is 15.4 Å². The van der Waals surface area contributed by atoms with Crippen LogP contribution in [0.1, 0.15) is 0 Å². The fourth-order valence-electron chi connectivity index (χ4n) is 0.895. The zero-order chi connectivity index (χ0) is 7.40. The van der Waals surface area contributed by atoms with Crippen LogP contribution in [-0.4, -0.2) is 38.8 Å². The Labute approximate surface area is 72.1 Å². The van der Waals surface area contributed by atoms with Gasteiger partial charge in [-0.15, -0.1) is 12.4 Å². The zero-order valence-electron chi connectivity index (χ0n) is 6.42. The van der Waals surface area contributed by atoms with E-state index >= 15 is 0 Å². The van der Waals surface area contributed by atoms with Crippen molar-refractivity contribution in [3.8, 4) is 0 Å². The molecule has 1 atom stereocenters. The topological polar surface area (TPSA) is 50.4 Å². The van der Waals surface area contributed by atoms with Gasteiger partial charge in [-0.1, -0.05) is 0 Å². The van der Waals surface area contributed by atoms with Gasteiger partial charge in [-0.25, -0.2) is 0 Å². The predicted molar refractivity (Wildman–Crippen MR) is 43.9 cm³/mol. The Hall–Kier alpha value is -0.320. The molecular formula is C6H13ClN2O2. The highest BCUT2D eigenvalue weighted by Gasteiger charge is 2.19. The summed E-state index contributed by atoms with van der Waals surface area (Å²) in [5.74, 6) is -0.0489. The van der Waals surface area contributed by atoms with Crippen LogP contribution in [0.2, 0.25) is 0 Å². The molecule has 1 aliphatic heterocycles. The van der Waals surface area contributed by atoms with Crippen LogP contribution in [0.25, 0.3) is 0 Å². The summed E-state index contributed by atoms with van der Waals surface area (Å²) in [6, 6.07) is 0. The van der Waals surface area contributed by atoms with Crippen molar-refractivity contribution in [3.63, 3.8) is 0 Å². The second kappa shape index (κ2) is 5.35. The van der Waals surface area contributed by atoms with Gasteiger partial charge in [-0.05, 0) is 0 Å². The molecule has 0 aromatic rings. The molecule has 1 amide bonds. The summed E-state index contributed by atoms with van der Waals surface area (Å²) in [6.07, 6.45) is -0.293. The van der Waals surface area contributed by atoms with Crippen molar-refractivity contribution in [2.24, 2.45) is 0 Å². The fourth-order valence-corrected chi connectivity index (χ4v) is 0.895. The Morgan fingerprint density at radius 3 is 2.91 bits per heavy atom. The number of halogens is 1. The van der Waals surface area contributed by atoms with Crippen molar-refractivity contribution in [3.05, 3.63) is 0 Å². The fraction of sp³-hybridized carbons (Fsp3) is 0.833. The van der Waals surface area contributed by atoms with Crippen molar-refractivity contribution in [2.75, 3.05) is 26.7 Å². The van der Waals surface area contributed by atoms with Gasteiger partial charge in [0.1, 0.15) is 6.10 Å². The number of ether oxygens (including phenoxy) is 1. The molecule has 0 saturated carbocycles. The molecule has 1 unspecified atom stereocenters. The standard InChI is InChI=1S/C6H12N2O2.ClH/c1-7-6(9)5-4-8-2-3-10-5;/h5,8H,2-4H2,1H3,(H,7,9);1H. The number of hydrogen-bond acceptors (Lipinski definition) is 3. The molecule has 0 aromatic heterocycles. The third-order valence-corrected chi connectivity index (χ3v) is 1.47. The Bertz CT molecular complexity index is 126. The van der Waals surface area contributed by atoms with E-state index in [0.717, 1.165) is 6.54 Å². The summed E-state index contributed by atoms with van der Waals surface area (Å²) in [5, 5.41) is 5.59. The molecule has 0 aliphatic carbocycles. The number of hydrogen-bond donors (Lipinski definition) is 2. The van der Waals surface area contributed by atoms with Crippen LogP contribution < -0.4 is 10.6 Å². The van der Waals surface area contributed by atoms with Crippen LogP contribution in [-0.2, 0) is 9.53 Å². The van der Waals surface area contributed by atoms with Crippen LogP contribution in [0, 0.1) is 0 Å². The van der Waals surface area contributed by atoms with Crippen molar-refractivity contribution in [1.29, 1.82) is 0 Å². The second-order valence-corrected chi connectivity index (χ2v) is 2.18. The van der Waals surface area contributed by atoms with E-state index in [-0.39, 0.29) is 24.4 Å². The van der Waals surface area contributed by atoms with Crippen LogP contribution >= 0.6 is 12.4 Å². The average molecular weight is 181 g/mol. The summed E-state index contributed by atoms with van der Waals surface area (Å²) >= 11 is 0. The van der Waals surface area contributed by atoms with Crippen molar-refractivity contribution < 1.29 is 9.53 Å². The molecule has 1 heterocycles. The van der Waals surface area contributed by atoms with Gasteiger partial charge in [0.05, 0.1) is 6.61 Å². The quantitative estimate of drug-likeness (QED) is 0.553. The summed E-state index contributed by atoms with van der Waals surface area (Å²) < 4.78 is 5.16. The maximum atomic E-state index is 10.9. The largest absolute Gasteiger partial charge is 0.366 e. The lowest BCUT2D eigenvalue weighted by molar-refractivity contribution is -0.133. The first-order valence-corrected chi connectivity index (χ1v) is 3.38. The van der Waals surface area contributed by atoms with Crippen molar-refractivity contribution in [2.45, 2.75) is 6.10 Å². The normalized spacial score (nSPS) is 23.5. The van der Waals surface area contributed by atoms with Crippen LogP contribution in [0.5, 0.6) is 0 Å². The monoisotopic (exact) mass is 180 g/mol. The highest BCUT2D eigenvalue weighted by Crippen LogP contribution is 1.94. The maximum absolute atomic E-state index is 10.9. The number of likely N-dealkylation sites (N-methyl/N-ethyl adjacent to an activating group) is 1. The first-order chi connectivity index (χ1) is 4.84. The van der Waals surface area contributed by atoms with Gasteiger partial charge in [0.2, 0.25) is 5.91 Å². The SMILES string of the molecule is CNC(=O)C1CNCCO1.Cl. The first-order valence-electron chi connectivity index (χ1n) is 3.38. The van der Waals surface area contributed by atoms with Gasteiger partial charge >= 0.3 is 0 Å². The Morgan fingerprint density at radius 1 is 1.73 bits per heavy atom. The summed E-state index contributed by atoms with van der Waals surface area (Å²) in [5.41, 5.74) is 0. The van der Waals surface area contributed by atoms with Gasteiger partial charge in [-0.2, -0.15) is 0 Å². The molecule has 0 radical (unpaired) electrons. The van der Waals surface area contributed by atoms with E-state index in [2.05, 4.69) is 10.6 Å². The molecule has 0 aromatic carbocycles. The number of nitrogens with one attached hydrogen (secondary N) is 2. The molecule has 0 bridgehead atoms. The van der Waals surface area contributed by atoms with E-state index in [0.29, 0.717) is 13.2 Å². The highest BCUT2D eigenvalue weighted by molar-refractivity contribution is 5.85. The Kier molecular flexibility index (Phi) is 5.19. The molecular weight excluding hydrogens is 168 g/mol. The lowest BCUT2D eigenvalue weighted by atomic mass is 10.3. The third-order valence-electron chi connectivity index (χ3n) is 1.47. The lowest BCUT2D eigenvalue weighted by Gasteiger charge is -2.21. The van der Waals surface area contributed by atoms with E-state index in [1.54, 1.807) is 7.05 Å². The smallest absolute Gasteiger partial charge is 0.250 e. The molecule has 1 rings (SSSR count). The molecule has 1 aliphatic rings. The third kappa shape index (κ3) is 3.05. The number of amides is 1. The Balaban J connectivity index is 0.000001000. The minimum Gasteiger partial charge on any atom is -0.366 e. The average Bonchev–Trinajstić information content (AvgIpc) is 2.05. The minimum atomic E-state index is -0.293. The first kappa shape index (κ1) is 10.7. The van der Waals surface area contributed by atoms with Crippen molar-refractivity contribution >= 4 is 18.3 Å². The van der Waals surface area contributed by atoms with Crippen molar-refractivity contribution in [1.82, 2.24) is 10.6 Å². The van der Waals surface area contributed by atoms with E-state index in [1.807, 2.05) is 0 Å². The zero-order valence-corrected chi connectivity index (χ0v) is 7.24. The number of carbonyl (C=O) groups excluding carboxylic acids is 1. The summed E-state index contributed by atoms with van der Waals surface area (Å²) in [7, 11) is 1.61. The molecule has 11 heavy (non-hydrogen) atoms. The number of carbonyl (C=O) groups is 1. The molecule has 4 nitrogen and oxygen atoms in total. The second-order valence-electron chi connectivity index (χ2n) is 2.18. The maximum Gasteiger partial charge on any atom is 0.250 e. The Morgan fingerprint density at radius 2 is 2.45 bits per heavy atom. The molecule has 66 valence electrons. The predicted octanol–water partition coefficient (Wildman–Crippen LogP) is -0.857. The molecule has 2 N–H and O–H groups in total. The molecule has 1 fully saturated rings. The number of rotatable bonds is 1. The van der Waals surface area contributed by atoms with E-state index in [4.69, 9.17) is 4.74 Å². The van der Waals surface area contributed by atoms with Gasteiger partial charge in [0, 0.05) is 20.1 Å². The van der Waals surface area contributed by atoms with Gasteiger partial charge in [-0.3, -0.25) is 4.79 Å². The lowest BCUT2D eigenvalue weighted by Crippen LogP contribution is -2.46. The van der Waals surface area contributed by atoms with Crippen LogP contribution in [0.3, 0.4) is 0 Å². The molecule has 5 heteroatoms. The number of morpholine rings is 1.